The topological polar surface area (TPSA) is 64.6 Å². The fourth-order valence-electron chi connectivity index (χ4n) is 1.84. The first-order valence-electron chi connectivity index (χ1n) is 7.00. The van der Waals surface area contributed by atoms with Crippen molar-refractivity contribution in [3.8, 4) is 23.3 Å². The summed E-state index contributed by atoms with van der Waals surface area (Å²) in [5, 5.41) is 0. The number of hydrogen-bond acceptors (Lipinski definition) is 4. The van der Waals surface area contributed by atoms with Crippen LogP contribution in [-0.4, -0.2) is 28.7 Å². The Morgan fingerprint density at radius 1 is 1.12 bits per heavy atom. The highest BCUT2D eigenvalue weighted by molar-refractivity contribution is 9.10. The zero-order chi connectivity index (χ0) is 17.4. The van der Waals surface area contributed by atoms with Gasteiger partial charge in [-0.1, -0.05) is 46.0 Å². The molecule has 7 heteroatoms. The van der Waals surface area contributed by atoms with Crippen molar-refractivity contribution in [1.82, 2.24) is 4.72 Å². The standard InChI is InChI=1S/C17H16BrNO4S/c1-22-16-9-2-3-10-17(16)24(20,21)19-11-4-5-12-23-15-8-6-7-14(18)13-15/h2-3,6-10,13,19H,11-12H2,1H3. The Balaban J connectivity index is 1.87. The van der Waals surface area contributed by atoms with Crippen LogP contribution in [0, 0.1) is 11.8 Å². The third kappa shape index (κ3) is 5.27. The van der Waals surface area contributed by atoms with Crippen LogP contribution >= 0.6 is 15.9 Å². The van der Waals surface area contributed by atoms with E-state index in [4.69, 9.17) is 9.47 Å². The van der Waals surface area contributed by atoms with Crippen LogP contribution < -0.4 is 14.2 Å². The van der Waals surface area contributed by atoms with Crippen molar-refractivity contribution < 1.29 is 17.9 Å². The van der Waals surface area contributed by atoms with E-state index in [9.17, 15) is 8.42 Å². The van der Waals surface area contributed by atoms with E-state index in [0.29, 0.717) is 5.75 Å². The second-order valence-electron chi connectivity index (χ2n) is 4.58. The normalized spacial score (nSPS) is 10.6. The molecule has 0 saturated carbocycles. The first kappa shape index (κ1) is 18.3. The third-order valence-corrected chi connectivity index (χ3v) is 4.88. The summed E-state index contributed by atoms with van der Waals surface area (Å²) in [6.45, 7) is 0.162. The second-order valence-corrected chi connectivity index (χ2v) is 7.23. The van der Waals surface area contributed by atoms with E-state index in [1.54, 1.807) is 18.2 Å². The maximum absolute atomic E-state index is 12.2. The number of sulfonamides is 1. The molecule has 0 aliphatic carbocycles. The Bertz CT molecular complexity index is 856. The van der Waals surface area contributed by atoms with E-state index < -0.39 is 10.0 Å². The van der Waals surface area contributed by atoms with E-state index in [2.05, 4.69) is 32.5 Å². The molecule has 0 spiro atoms. The molecule has 0 aromatic heterocycles. The van der Waals surface area contributed by atoms with Crippen LogP contribution in [0.3, 0.4) is 0 Å². The molecule has 0 amide bonds. The predicted molar refractivity (Wildman–Crippen MR) is 95.6 cm³/mol. The van der Waals surface area contributed by atoms with E-state index in [-0.39, 0.29) is 23.8 Å². The largest absolute Gasteiger partial charge is 0.495 e. The van der Waals surface area contributed by atoms with Crippen LogP contribution in [-0.2, 0) is 10.0 Å². The molecule has 0 heterocycles. The van der Waals surface area contributed by atoms with Crippen molar-refractivity contribution >= 4 is 26.0 Å². The van der Waals surface area contributed by atoms with Crippen molar-refractivity contribution in [1.29, 1.82) is 0 Å². The van der Waals surface area contributed by atoms with E-state index in [1.165, 1.54) is 13.2 Å². The SMILES string of the molecule is COc1ccccc1S(=O)(=O)NCC#CCOc1cccc(Br)c1. The van der Waals surface area contributed by atoms with Gasteiger partial charge in [0.2, 0.25) is 10.0 Å². The summed E-state index contributed by atoms with van der Waals surface area (Å²) in [7, 11) is -2.25. The van der Waals surface area contributed by atoms with E-state index in [1.807, 2.05) is 24.3 Å². The van der Waals surface area contributed by atoms with Crippen molar-refractivity contribution in [3.05, 3.63) is 53.0 Å². The highest BCUT2D eigenvalue weighted by atomic mass is 79.9. The highest BCUT2D eigenvalue weighted by Gasteiger charge is 2.17. The van der Waals surface area contributed by atoms with Crippen molar-refractivity contribution in [2.24, 2.45) is 0 Å². The molecule has 5 nitrogen and oxygen atoms in total. The maximum Gasteiger partial charge on any atom is 0.245 e. The van der Waals surface area contributed by atoms with Crippen LogP contribution in [0.1, 0.15) is 0 Å². The lowest BCUT2D eigenvalue weighted by Crippen LogP contribution is -2.24. The van der Waals surface area contributed by atoms with Crippen LogP contribution in [0.4, 0.5) is 0 Å². The number of nitrogens with one attached hydrogen (secondary N) is 1. The summed E-state index contributed by atoms with van der Waals surface area (Å²) in [5.74, 6) is 6.45. The van der Waals surface area contributed by atoms with Gasteiger partial charge in [0.15, 0.2) is 0 Å². The van der Waals surface area contributed by atoms with Gasteiger partial charge in [0.25, 0.3) is 0 Å². The van der Waals surface area contributed by atoms with Gasteiger partial charge in [-0.3, -0.25) is 0 Å². The molecule has 0 saturated heterocycles. The fraction of sp³-hybridized carbons (Fsp3) is 0.176. The summed E-state index contributed by atoms with van der Waals surface area (Å²) in [4.78, 5) is 0.0830. The number of rotatable bonds is 6. The summed E-state index contributed by atoms with van der Waals surface area (Å²) < 4.78 is 38.2. The number of ether oxygens (including phenoxy) is 2. The minimum Gasteiger partial charge on any atom is -0.495 e. The van der Waals surface area contributed by atoms with Gasteiger partial charge in [-0.15, -0.1) is 0 Å². The van der Waals surface area contributed by atoms with E-state index >= 15 is 0 Å². The molecule has 0 radical (unpaired) electrons. The monoisotopic (exact) mass is 409 g/mol. The van der Waals surface area contributed by atoms with Gasteiger partial charge >= 0.3 is 0 Å². The van der Waals surface area contributed by atoms with Gasteiger partial charge in [0.1, 0.15) is 23.0 Å². The van der Waals surface area contributed by atoms with Crippen LogP contribution in [0.15, 0.2) is 57.9 Å². The third-order valence-electron chi connectivity index (χ3n) is 2.94. The van der Waals surface area contributed by atoms with Crippen LogP contribution in [0.2, 0.25) is 0 Å². The van der Waals surface area contributed by atoms with Gasteiger partial charge < -0.3 is 9.47 Å². The van der Waals surface area contributed by atoms with Crippen LogP contribution in [0.5, 0.6) is 11.5 Å². The molecule has 2 aromatic rings. The summed E-state index contributed by atoms with van der Waals surface area (Å²) in [5.41, 5.74) is 0. The Morgan fingerprint density at radius 2 is 1.92 bits per heavy atom. The van der Waals surface area contributed by atoms with Gasteiger partial charge in [-0.2, -0.15) is 4.72 Å². The molecule has 2 aromatic carbocycles. The molecule has 0 unspecified atom stereocenters. The zero-order valence-corrected chi connectivity index (χ0v) is 15.4. The predicted octanol–water partition coefficient (Wildman–Crippen LogP) is 2.82. The molecule has 24 heavy (non-hydrogen) atoms. The summed E-state index contributed by atoms with van der Waals surface area (Å²) in [6, 6.07) is 13.8. The fourth-order valence-corrected chi connectivity index (χ4v) is 3.31. The first-order valence-corrected chi connectivity index (χ1v) is 9.27. The second kappa shape index (κ2) is 8.73. The Kier molecular flexibility index (Phi) is 6.67. The van der Waals surface area contributed by atoms with Crippen molar-refractivity contribution in [3.63, 3.8) is 0 Å². The molecular weight excluding hydrogens is 394 g/mol. The Hall–Kier alpha value is -2.01. The molecule has 0 aliphatic heterocycles. The molecule has 2 rings (SSSR count). The molecule has 0 bridgehead atoms. The minimum atomic E-state index is -3.67. The number of hydrogen-bond donors (Lipinski definition) is 1. The summed E-state index contributed by atoms with van der Waals surface area (Å²) in [6.07, 6.45) is 0. The van der Waals surface area contributed by atoms with E-state index in [0.717, 1.165) is 4.47 Å². The average Bonchev–Trinajstić information content (AvgIpc) is 2.58. The molecule has 1 N–H and O–H groups in total. The van der Waals surface area contributed by atoms with Gasteiger partial charge in [-0.25, -0.2) is 8.42 Å². The zero-order valence-electron chi connectivity index (χ0n) is 13.0. The highest BCUT2D eigenvalue weighted by Crippen LogP contribution is 2.22. The van der Waals surface area contributed by atoms with Crippen molar-refractivity contribution in [2.45, 2.75) is 4.90 Å². The number of benzene rings is 2. The molecule has 0 atom stereocenters. The smallest absolute Gasteiger partial charge is 0.245 e. The lowest BCUT2D eigenvalue weighted by molar-refractivity contribution is 0.370. The van der Waals surface area contributed by atoms with Gasteiger partial charge in [0, 0.05) is 4.47 Å². The molecular formula is C17H16BrNO4S. The van der Waals surface area contributed by atoms with Gasteiger partial charge in [-0.05, 0) is 30.3 Å². The lowest BCUT2D eigenvalue weighted by Gasteiger charge is -2.08. The molecule has 0 aliphatic rings. The Morgan fingerprint density at radius 3 is 2.67 bits per heavy atom. The first-order chi connectivity index (χ1) is 11.5. The average molecular weight is 410 g/mol. The Labute approximate surface area is 150 Å². The number of halogens is 1. The molecule has 0 fully saturated rings. The number of methoxy groups -OCH3 is 1. The van der Waals surface area contributed by atoms with Crippen LogP contribution in [0.25, 0.3) is 0 Å². The minimum absolute atomic E-state index is 0.0117. The van der Waals surface area contributed by atoms with Crippen molar-refractivity contribution in [2.75, 3.05) is 20.3 Å². The maximum atomic E-state index is 12.2. The summed E-state index contributed by atoms with van der Waals surface area (Å²) >= 11 is 3.35. The lowest BCUT2D eigenvalue weighted by atomic mass is 10.3. The quantitative estimate of drug-likeness (QED) is 0.744. The molecule has 126 valence electrons. The number of para-hydroxylation sites is 1. The van der Waals surface area contributed by atoms with Gasteiger partial charge in [0.05, 0.1) is 13.7 Å².